The molecule has 0 spiro atoms. The van der Waals surface area contributed by atoms with E-state index in [2.05, 4.69) is 28.0 Å². The third-order valence-corrected chi connectivity index (χ3v) is 3.89. The standard InChI is InChI=1S/C14H25N3/c1-12-4-3-5-13(8-12)6-7-17-10-14(9-15-2)16-11-17/h10-13,15H,3-9H2,1-2H3. The van der Waals surface area contributed by atoms with Crippen LogP contribution >= 0.6 is 0 Å². The van der Waals surface area contributed by atoms with Crippen molar-refractivity contribution >= 4 is 0 Å². The Balaban J connectivity index is 1.76. The first kappa shape index (κ1) is 12.6. The van der Waals surface area contributed by atoms with Crippen molar-refractivity contribution in [2.24, 2.45) is 11.8 Å². The first-order valence-electron chi connectivity index (χ1n) is 6.93. The van der Waals surface area contributed by atoms with Gasteiger partial charge in [-0.05, 0) is 31.7 Å². The lowest BCUT2D eigenvalue weighted by atomic mass is 9.81. The number of aromatic nitrogens is 2. The summed E-state index contributed by atoms with van der Waals surface area (Å²) in [5.41, 5.74) is 1.14. The molecule has 0 aromatic carbocycles. The van der Waals surface area contributed by atoms with Crippen molar-refractivity contribution in [1.29, 1.82) is 0 Å². The van der Waals surface area contributed by atoms with E-state index in [4.69, 9.17) is 0 Å². The maximum absolute atomic E-state index is 4.39. The van der Waals surface area contributed by atoms with Crippen LogP contribution in [0.1, 0.15) is 44.7 Å². The number of nitrogens with one attached hydrogen (secondary N) is 1. The highest BCUT2D eigenvalue weighted by Gasteiger charge is 2.18. The Morgan fingerprint density at radius 1 is 1.47 bits per heavy atom. The molecule has 0 amide bonds. The zero-order valence-electron chi connectivity index (χ0n) is 11.2. The van der Waals surface area contributed by atoms with Crippen LogP contribution in [0, 0.1) is 11.8 Å². The van der Waals surface area contributed by atoms with Crippen molar-refractivity contribution in [3.63, 3.8) is 0 Å². The minimum absolute atomic E-state index is 0.869. The summed E-state index contributed by atoms with van der Waals surface area (Å²) in [6, 6.07) is 0. The molecule has 2 rings (SSSR count). The Morgan fingerprint density at radius 2 is 2.35 bits per heavy atom. The number of rotatable bonds is 5. The molecule has 1 aromatic rings. The second-order valence-electron chi connectivity index (χ2n) is 5.56. The number of hydrogen-bond donors (Lipinski definition) is 1. The van der Waals surface area contributed by atoms with Crippen LogP contribution in [0.15, 0.2) is 12.5 Å². The molecule has 0 bridgehead atoms. The maximum Gasteiger partial charge on any atom is 0.0949 e. The summed E-state index contributed by atoms with van der Waals surface area (Å²) in [5, 5.41) is 3.13. The van der Waals surface area contributed by atoms with Gasteiger partial charge in [-0.15, -0.1) is 0 Å². The van der Waals surface area contributed by atoms with E-state index < -0.39 is 0 Å². The van der Waals surface area contributed by atoms with Crippen LogP contribution in [-0.2, 0) is 13.1 Å². The van der Waals surface area contributed by atoms with Crippen molar-refractivity contribution < 1.29 is 0 Å². The van der Waals surface area contributed by atoms with Crippen molar-refractivity contribution in [3.05, 3.63) is 18.2 Å². The van der Waals surface area contributed by atoms with Crippen molar-refractivity contribution in [3.8, 4) is 0 Å². The molecular formula is C14H25N3. The van der Waals surface area contributed by atoms with Crippen molar-refractivity contribution in [1.82, 2.24) is 14.9 Å². The Morgan fingerprint density at radius 3 is 3.12 bits per heavy atom. The van der Waals surface area contributed by atoms with Gasteiger partial charge >= 0.3 is 0 Å². The third-order valence-electron chi connectivity index (χ3n) is 3.89. The Bertz CT molecular complexity index is 332. The number of aryl methyl sites for hydroxylation is 1. The monoisotopic (exact) mass is 235 g/mol. The van der Waals surface area contributed by atoms with Gasteiger partial charge in [0, 0.05) is 19.3 Å². The molecule has 2 atom stereocenters. The van der Waals surface area contributed by atoms with E-state index in [1.54, 1.807) is 0 Å². The van der Waals surface area contributed by atoms with Crippen LogP contribution in [0.5, 0.6) is 0 Å². The molecule has 3 nitrogen and oxygen atoms in total. The molecule has 3 heteroatoms. The Labute approximate surface area is 105 Å². The van der Waals surface area contributed by atoms with Gasteiger partial charge < -0.3 is 9.88 Å². The fourth-order valence-electron chi connectivity index (χ4n) is 2.95. The molecule has 2 unspecified atom stereocenters. The molecule has 0 aliphatic heterocycles. The van der Waals surface area contributed by atoms with E-state index >= 15 is 0 Å². The summed E-state index contributed by atoms with van der Waals surface area (Å²) < 4.78 is 2.24. The van der Waals surface area contributed by atoms with E-state index in [1.807, 2.05) is 13.4 Å². The number of imidazole rings is 1. The predicted molar refractivity (Wildman–Crippen MR) is 70.7 cm³/mol. The van der Waals surface area contributed by atoms with Crippen LogP contribution in [0.4, 0.5) is 0 Å². The van der Waals surface area contributed by atoms with E-state index in [9.17, 15) is 0 Å². The Hall–Kier alpha value is -0.830. The van der Waals surface area contributed by atoms with Crippen molar-refractivity contribution in [2.45, 2.75) is 52.1 Å². The van der Waals surface area contributed by atoms with E-state index in [0.29, 0.717) is 0 Å². The van der Waals surface area contributed by atoms with Gasteiger partial charge in [0.25, 0.3) is 0 Å². The maximum atomic E-state index is 4.39. The molecule has 0 saturated heterocycles. The summed E-state index contributed by atoms with van der Waals surface area (Å²) >= 11 is 0. The second kappa shape index (κ2) is 6.20. The fourth-order valence-corrected chi connectivity index (χ4v) is 2.95. The topological polar surface area (TPSA) is 29.9 Å². The molecule has 1 fully saturated rings. The van der Waals surface area contributed by atoms with Crippen LogP contribution in [0.25, 0.3) is 0 Å². The summed E-state index contributed by atoms with van der Waals surface area (Å²) in [6.07, 6.45) is 11.2. The zero-order chi connectivity index (χ0) is 12.1. The fraction of sp³-hybridized carbons (Fsp3) is 0.786. The average molecular weight is 235 g/mol. The highest BCUT2D eigenvalue weighted by molar-refractivity contribution is 4.95. The van der Waals surface area contributed by atoms with Gasteiger partial charge in [-0.3, -0.25) is 0 Å². The molecule has 1 saturated carbocycles. The van der Waals surface area contributed by atoms with Gasteiger partial charge in [0.1, 0.15) is 0 Å². The molecule has 1 aromatic heterocycles. The summed E-state index contributed by atoms with van der Waals surface area (Å²) in [4.78, 5) is 4.39. The molecule has 17 heavy (non-hydrogen) atoms. The number of nitrogens with zero attached hydrogens (tertiary/aromatic N) is 2. The molecule has 1 N–H and O–H groups in total. The molecule has 1 aliphatic rings. The van der Waals surface area contributed by atoms with E-state index in [-0.39, 0.29) is 0 Å². The normalized spacial score (nSPS) is 25.1. The van der Waals surface area contributed by atoms with Gasteiger partial charge in [-0.1, -0.05) is 26.2 Å². The van der Waals surface area contributed by atoms with Gasteiger partial charge in [-0.25, -0.2) is 4.98 Å². The smallest absolute Gasteiger partial charge is 0.0949 e. The molecule has 96 valence electrons. The summed E-state index contributed by atoms with van der Waals surface area (Å²) in [5.74, 6) is 1.88. The van der Waals surface area contributed by atoms with Crippen LogP contribution in [0.2, 0.25) is 0 Å². The molecule has 1 heterocycles. The highest BCUT2D eigenvalue weighted by atomic mass is 15.0. The highest BCUT2D eigenvalue weighted by Crippen LogP contribution is 2.30. The van der Waals surface area contributed by atoms with Gasteiger partial charge in [0.15, 0.2) is 0 Å². The molecule has 0 radical (unpaired) electrons. The predicted octanol–water partition coefficient (Wildman–Crippen LogP) is 2.82. The minimum Gasteiger partial charge on any atom is -0.337 e. The Kier molecular flexibility index (Phi) is 4.60. The molecule has 1 aliphatic carbocycles. The third kappa shape index (κ3) is 3.84. The quantitative estimate of drug-likeness (QED) is 0.850. The number of hydrogen-bond acceptors (Lipinski definition) is 2. The molecular weight excluding hydrogens is 210 g/mol. The lowest BCUT2D eigenvalue weighted by Crippen LogP contribution is -2.15. The van der Waals surface area contributed by atoms with Crippen molar-refractivity contribution in [2.75, 3.05) is 7.05 Å². The SMILES string of the molecule is CNCc1cn(CCC2CCCC(C)C2)cn1. The van der Waals surface area contributed by atoms with Gasteiger partial charge in [-0.2, -0.15) is 0 Å². The summed E-state index contributed by atoms with van der Waals surface area (Å²) in [6.45, 7) is 4.40. The second-order valence-corrected chi connectivity index (χ2v) is 5.56. The first-order valence-corrected chi connectivity index (χ1v) is 6.93. The average Bonchev–Trinajstić information content (AvgIpc) is 2.75. The van der Waals surface area contributed by atoms with Crippen LogP contribution in [-0.4, -0.2) is 16.6 Å². The zero-order valence-corrected chi connectivity index (χ0v) is 11.2. The summed E-state index contributed by atoms with van der Waals surface area (Å²) in [7, 11) is 1.96. The first-order chi connectivity index (χ1) is 8.28. The largest absolute Gasteiger partial charge is 0.337 e. The van der Waals surface area contributed by atoms with Crippen LogP contribution < -0.4 is 5.32 Å². The lowest BCUT2D eigenvalue weighted by molar-refractivity contribution is 0.261. The van der Waals surface area contributed by atoms with E-state index in [1.165, 1.54) is 32.1 Å². The van der Waals surface area contributed by atoms with Gasteiger partial charge in [0.05, 0.1) is 12.0 Å². The van der Waals surface area contributed by atoms with Crippen LogP contribution in [0.3, 0.4) is 0 Å². The minimum atomic E-state index is 0.869. The van der Waals surface area contributed by atoms with E-state index in [0.717, 1.165) is 30.6 Å². The van der Waals surface area contributed by atoms with Gasteiger partial charge in [0.2, 0.25) is 0 Å². The lowest BCUT2D eigenvalue weighted by Gasteiger charge is -2.26.